The summed E-state index contributed by atoms with van der Waals surface area (Å²) in [5, 5.41) is 13.6. The third kappa shape index (κ3) is 5.33. The normalized spacial score (nSPS) is 14.2. The number of carboxylic acids is 1. The van der Waals surface area contributed by atoms with Crippen LogP contribution in [-0.2, 0) is 9.59 Å². The fourth-order valence-electron chi connectivity index (χ4n) is 3.39. The number of nitrogens with one attached hydrogen (secondary N) is 1. The zero-order valence-electron chi connectivity index (χ0n) is 17.0. The van der Waals surface area contributed by atoms with Crippen molar-refractivity contribution in [2.75, 3.05) is 6.61 Å². The first-order chi connectivity index (χ1) is 14.6. The van der Waals surface area contributed by atoms with Gasteiger partial charge in [-0.1, -0.05) is 72.8 Å². The predicted octanol–water partition coefficient (Wildman–Crippen LogP) is -0.0990. The zero-order valence-corrected chi connectivity index (χ0v) is 19.0. The van der Waals surface area contributed by atoms with E-state index in [1.54, 1.807) is 18.2 Å². The third-order valence-corrected chi connectivity index (χ3v) is 4.65. The number of hydrogen-bond donors (Lipinski definition) is 1. The van der Waals surface area contributed by atoms with Gasteiger partial charge in [0.1, 0.15) is 12.4 Å². The molecule has 31 heavy (non-hydrogen) atoms. The maximum atomic E-state index is 12.9. The zero-order chi connectivity index (χ0) is 20.9. The minimum atomic E-state index is -1.29. The summed E-state index contributed by atoms with van der Waals surface area (Å²) in [5.41, 5.74) is 4.62. The number of benzene rings is 3. The third-order valence-electron chi connectivity index (χ3n) is 4.65. The molecular weight excluding hydrogens is 401 g/mol. The molecule has 148 valence electrons. The standard InChI is InChI=1S/C25H19NO4.Na/c27-22(28)16-30-20-13-7-8-17(14-20)15-21-23(18-9-3-1-4-10-18)24(25(29)26-21)19-11-5-2-6-12-19;/h1-15H,16H2,(H,26,29)(H,27,28);/q;+1/p-1/b21-15-;. The molecule has 0 spiro atoms. The summed E-state index contributed by atoms with van der Waals surface area (Å²) in [6.45, 7) is -0.524. The molecule has 0 saturated carbocycles. The summed E-state index contributed by atoms with van der Waals surface area (Å²) in [6, 6.07) is 26.3. The second kappa shape index (κ2) is 10.3. The van der Waals surface area contributed by atoms with Gasteiger partial charge in [0.25, 0.3) is 5.91 Å². The molecule has 5 nitrogen and oxygen atoms in total. The Labute approximate surface area is 202 Å². The molecule has 1 aliphatic heterocycles. The van der Waals surface area contributed by atoms with E-state index >= 15 is 0 Å². The average Bonchev–Trinajstić information content (AvgIpc) is 3.09. The van der Waals surface area contributed by atoms with E-state index in [0.29, 0.717) is 17.0 Å². The summed E-state index contributed by atoms with van der Waals surface area (Å²) in [4.78, 5) is 23.5. The average molecular weight is 419 g/mol. The summed E-state index contributed by atoms with van der Waals surface area (Å²) in [7, 11) is 0. The smallest absolute Gasteiger partial charge is 0.546 e. The fourth-order valence-corrected chi connectivity index (χ4v) is 3.39. The van der Waals surface area contributed by atoms with Crippen LogP contribution in [0.3, 0.4) is 0 Å². The van der Waals surface area contributed by atoms with Crippen LogP contribution in [0.5, 0.6) is 5.75 Å². The van der Waals surface area contributed by atoms with Crippen LogP contribution in [0, 0.1) is 0 Å². The van der Waals surface area contributed by atoms with Crippen molar-refractivity contribution in [1.29, 1.82) is 0 Å². The van der Waals surface area contributed by atoms with Gasteiger partial charge in [0.15, 0.2) is 0 Å². The van der Waals surface area contributed by atoms with Gasteiger partial charge in [-0.15, -0.1) is 0 Å². The number of carbonyl (C=O) groups is 2. The van der Waals surface area contributed by atoms with Gasteiger partial charge < -0.3 is 20.0 Å². The first-order valence-electron chi connectivity index (χ1n) is 9.43. The fraction of sp³-hybridized carbons (Fsp3) is 0.0400. The van der Waals surface area contributed by atoms with Gasteiger partial charge >= 0.3 is 29.6 Å². The second-order valence-corrected chi connectivity index (χ2v) is 6.73. The molecule has 0 saturated heterocycles. The van der Waals surface area contributed by atoms with Crippen molar-refractivity contribution in [3.05, 3.63) is 107 Å². The molecule has 3 aromatic rings. The Morgan fingerprint density at radius 1 is 0.871 bits per heavy atom. The number of carboxylic acid groups (broad SMARTS) is 1. The van der Waals surface area contributed by atoms with E-state index in [-0.39, 0.29) is 35.5 Å². The molecule has 4 rings (SSSR count). The van der Waals surface area contributed by atoms with E-state index in [1.807, 2.05) is 72.8 Å². The molecule has 0 unspecified atom stereocenters. The quantitative estimate of drug-likeness (QED) is 0.566. The largest absolute Gasteiger partial charge is 1.00 e. The van der Waals surface area contributed by atoms with Crippen LogP contribution in [0.25, 0.3) is 17.2 Å². The molecule has 6 heteroatoms. The maximum Gasteiger partial charge on any atom is 1.00 e. The van der Waals surface area contributed by atoms with E-state index < -0.39 is 12.6 Å². The van der Waals surface area contributed by atoms with E-state index in [0.717, 1.165) is 22.3 Å². The van der Waals surface area contributed by atoms with Crippen LogP contribution in [0.2, 0.25) is 0 Å². The summed E-state index contributed by atoms with van der Waals surface area (Å²) in [5.74, 6) is -1.05. The molecule has 1 heterocycles. The summed E-state index contributed by atoms with van der Waals surface area (Å²) < 4.78 is 5.20. The van der Waals surface area contributed by atoms with Crippen molar-refractivity contribution in [2.24, 2.45) is 0 Å². The van der Waals surface area contributed by atoms with Crippen LogP contribution in [0.1, 0.15) is 16.7 Å². The molecule has 1 N–H and O–H groups in total. The van der Waals surface area contributed by atoms with E-state index in [2.05, 4.69) is 5.32 Å². The van der Waals surface area contributed by atoms with Crippen LogP contribution in [0.15, 0.2) is 90.6 Å². The van der Waals surface area contributed by atoms with Gasteiger partial charge in [0.2, 0.25) is 0 Å². The van der Waals surface area contributed by atoms with E-state index in [4.69, 9.17) is 4.74 Å². The molecule has 1 amide bonds. The SMILES string of the molecule is O=C([O-])COc1cccc(/C=C2\NC(=O)C(c3ccccc3)=C2c2ccccc2)c1.[Na+]. The van der Waals surface area contributed by atoms with Crippen LogP contribution in [0.4, 0.5) is 0 Å². The van der Waals surface area contributed by atoms with Gasteiger partial charge in [-0.05, 0) is 34.9 Å². The molecule has 0 aromatic heterocycles. The van der Waals surface area contributed by atoms with Crippen LogP contribution in [-0.4, -0.2) is 18.5 Å². The van der Waals surface area contributed by atoms with Crippen LogP contribution < -0.4 is 44.7 Å². The van der Waals surface area contributed by atoms with Crippen molar-refractivity contribution in [1.82, 2.24) is 5.32 Å². The molecule has 0 bridgehead atoms. The summed E-state index contributed by atoms with van der Waals surface area (Å²) >= 11 is 0. The van der Waals surface area contributed by atoms with Crippen molar-refractivity contribution in [3.8, 4) is 5.75 Å². The van der Waals surface area contributed by atoms with Crippen LogP contribution >= 0.6 is 0 Å². The van der Waals surface area contributed by atoms with Crippen molar-refractivity contribution in [2.45, 2.75) is 0 Å². The van der Waals surface area contributed by atoms with E-state index in [1.165, 1.54) is 0 Å². The first-order valence-corrected chi connectivity index (χ1v) is 9.43. The van der Waals surface area contributed by atoms with Gasteiger partial charge in [0.05, 0.1) is 17.2 Å². The topological polar surface area (TPSA) is 78.5 Å². The Kier molecular flexibility index (Phi) is 7.47. The number of amides is 1. The van der Waals surface area contributed by atoms with Gasteiger partial charge in [-0.3, -0.25) is 4.79 Å². The molecule has 0 aliphatic carbocycles. The summed E-state index contributed by atoms with van der Waals surface area (Å²) in [6.07, 6.45) is 1.85. The first kappa shape index (κ1) is 22.6. The number of rotatable bonds is 6. The van der Waals surface area contributed by atoms with Crippen molar-refractivity contribution < 1.29 is 49.0 Å². The van der Waals surface area contributed by atoms with Crippen molar-refractivity contribution in [3.63, 3.8) is 0 Å². The van der Waals surface area contributed by atoms with Gasteiger partial charge in [-0.2, -0.15) is 0 Å². The Morgan fingerprint density at radius 3 is 2.10 bits per heavy atom. The monoisotopic (exact) mass is 419 g/mol. The number of hydrogen-bond acceptors (Lipinski definition) is 4. The second-order valence-electron chi connectivity index (χ2n) is 6.73. The molecule has 0 radical (unpaired) electrons. The molecule has 1 aliphatic rings. The molecule has 0 fully saturated rings. The van der Waals surface area contributed by atoms with Gasteiger partial charge in [0, 0.05) is 5.57 Å². The van der Waals surface area contributed by atoms with E-state index in [9.17, 15) is 14.7 Å². The molecule has 0 atom stereocenters. The number of carbonyl (C=O) groups excluding carboxylic acids is 2. The Balaban J connectivity index is 0.00000272. The number of aliphatic carboxylic acids is 1. The Hall–Kier alpha value is -3.12. The maximum absolute atomic E-state index is 12.9. The van der Waals surface area contributed by atoms with Gasteiger partial charge in [-0.25, -0.2) is 0 Å². The predicted molar refractivity (Wildman–Crippen MR) is 113 cm³/mol. The van der Waals surface area contributed by atoms with Crippen molar-refractivity contribution >= 4 is 29.1 Å². The number of ether oxygens (including phenoxy) is 1. The minimum absolute atomic E-state index is 0. The Morgan fingerprint density at radius 2 is 1.48 bits per heavy atom. The number of allylic oxidation sites excluding steroid dienone is 1. The minimum Gasteiger partial charge on any atom is -0.546 e. The molecular formula is C25H18NNaO4. The molecule has 3 aromatic carbocycles. The Bertz CT molecular complexity index is 1150.